The first kappa shape index (κ1) is 21.7. The van der Waals surface area contributed by atoms with E-state index in [0.717, 1.165) is 24.2 Å². The fourth-order valence-corrected chi connectivity index (χ4v) is 5.97. The van der Waals surface area contributed by atoms with Crippen molar-refractivity contribution in [2.75, 3.05) is 0 Å². The van der Waals surface area contributed by atoms with E-state index in [-0.39, 0.29) is 5.41 Å². The van der Waals surface area contributed by atoms with Crippen molar-refractivity contribution in [3.8, 4) is 11.8 Å². The van der Waals surface area contributed by atoms with Crippen LogP contribution in [0, 0.1) is 40.9 Å². The molecule has 1 fully saturated rings. The molecule has 0 saturated heterocycles. The summed E-state index contributed by atoms with van der Waals surface area (Å²) in [6, 6.07) is 0. The fourth-order valence-electron chi connectivity index (χ4n) is 5.97. The van der Waals surface area contributed by atoms with Crippen LogP contribution in [-0.2, 0) is 0 Å². The first-order chi connectivity index (χ1) is 14.4. The van der Waals surface area contributed by atoms with Crippen LogP contribution < -0.4 is 0 Å². The molecule has 4 rings (SSSR count). The minimum absolute atomic E-state index is 0.160. The van der Waals surface area contributed by atoms with Crippen molar-refractivity contribution in [1.29, 1.82) is 0 Å². The largest absolute Gasteiger partial charge is 0.0962 e. The smallest absolute Gasteiger partial charge is 0.0854 e. The minimum atomic E-state index is 0.160. The topological polar surface area (TPSA) is 0 Å². The Morgan fingerprint density at radius 3 is 2.47 bits per heavy atom. The van der Waals surface area contributed by atoms with E-state index in [0.29, 0.717) is 5.92 Å². The molecule has 0 aromatic heterocycles. The van der Waals surface area contributed by atoms with Gasteiger partial charge in [-0.1, -0.05) is 68.8 Å². The lowest BCUT2D eigenvalue weighted by atomic mass is 9.75. The van der Waals surface area contributed by atoms with Crippen molar-refractivity contribution in [1.82, 2.24) is 0 Å². The maximum Gasteiger partial charge on any atom is 0.0962 e. The van der Waals surface area contributed by atoms with Gasteiger partial charge in [0.25, 0.3) is 0 Å². The Labute approximate surface area is 186 Å². The summed E-state index contributed by atoms with van der Waals surface area (Å²) in [5, 5.41) is 0. The normalized spacial score (nSPS) is 28.6. The van der Waals surface area contributed by atoms with Crippen LogP contribution in [0.1, 0.15) is 98.8 Å². The van der Waals surface area contributed by atoms with Crippen LogP contribution in [0.5, 0.6) is 0 Å². The van der Waals surface area contributed by atoms with Crippen molar-refractivity contribution < 1.29 is 0 Å². The highest BCUT2D eigenvalue weighted by molar-refractivity contribution is 5.52. The molecule has 0 nitrogen and oxygen atoms in total. The monoisotopic (exact) mass is 402 g/mol. The summed E-state index contributed by atoms with van der Waals surface area (Å²) < 4.78 is 0. The molecule has 0 amide bonds. The summed E-state index contributed by atoms with van der Waals surface area (Å²) in [5.41, 5.74) is 8.19. The molecule has 30 heavy (non-hydrogen) atoms. The van der Waals surface area contributed by atoms with Crippen molar-refractivity contribution in [2.24, 2.45) is 29.1 Å². The molecule has 4 aliphatic rings. The average Bonchev–Trinajstić information content (AvgIpc) is 3.64. The van der Waals surface area contributed by atoms with Gasteiger partial charge in [-0.05, 0) is 105 Å². The van der Waals surface area contributed by atoms with Crippen LogP contribution in [0.25, 0.3) is 0 Å². The van der Waals surface area contributed by atoms with Gasteiger partial charge in [0.2, 0.25) is 0 Å². The predicted molar refractivity (Wildman–Crippen MR) is 130 cm³/mol. The molecule has 4 aliphatic carbocycles. The molecule has 0 spiro atoms. The standard InChI is InChI=1S/C30H42/c1-6-8-27(18-26-12-11-21(2)17-26)28-10-7-9-22(3)23(4)29(24(28)5)20-30(15-16-30)19-25-13-14-25/h10-12,21,25-27H,6-9,13-14,17-20H2,1-5H3. The Balaban J connectivity index is 1.62. The highest BCUT2D eigenvalue weighted by atomic mass is 14.4. The molecule has 162 valence electrons. The summed E-state index contributed by atoms with van der Waals surface area (Å²) >= 11 is 0. The number of allylic oxidation sites excluding steroid dienone is 8. The molecule has 0 bridgehead atoms. The van der Waals surface area contributed by atoms with Gasteiger partial charge in [-0.25, -0.2) is 0 Å². The Morgan fingerprint density at radius 1 is 1.10 bits per heavy atom. The van der Waals surface area contributed by atoms with Gasteiger partial charge < -0.3 is 0 Å². The van der Waals surface area contributed by atoms with Gasteiger partial charge in [-0.15, -0.1) is 0 Å². The lowest BCUT2D eigenvalue weighted by Gasteiger charge is -2.29. The average molecular weight is 403 g/mol. The Hall–Kier alpha value is -1.48. The maximum atomic E-state index is 3.56. The van der Waals surface area contributed by atoms with Gasteiger partial charge >= 0.3 is 0 Å². The Morgan fingerprint density at radius 2 is 1.87 bits per heavy atom. The third-order valence-corrected chi connectivity index (χ3v) is 8.20. The highest BCUT2D eigenvalue weighted by Crippen LogP contribution is 2.49. The fraction of sp³-hybridized carbons (Fsp3) is 0.667. The summed E-state index contributed by atoms with van der Waals surface area (Å²) in [6.07, 6.45) is 20.5. The lowest BCUT2D eigenvalue weighted by Crippen LogP contribution is -2.16. The molecule has 1 saturated carbocycles. The van der Waals surface area contributed by atoms with Crippen LogP contribution in [-0.4, -0.2) is 0 Å². The second-order valence-electron chi connectivity index (χ2n) is 10.9. The van der Waals surface area contributed by atoms with E-state index in [9.17, 15) is 0 Å². The summed E-state index contributed by atoms with van der Waals surface area (Å²) in [5.74, 6) is 10.3. The molecule has 0 aliphatic heterocycles. The summed E-state index contributed by atoms with van der Waals surface area (Å²) in [7, 11) is 0. The van der Waals surface area contributed by atoms with Crippen molar-refractivity contribution in [3.05, 3.63) is 46.1 Å². The molecular formula is C30H42. The van der Waals surface area contributed by atoms with E-state index < -0.39 is 0 Å². The van der Waals surface area contributed by atoms with Crippen LogP contribution in [0.4, 0.5) is 0 Å². The zero-order valence-corrected chi connectivity index (χ0v) is 20.1. The van der Waals surface area contributed by atoms with Crippen LogP contribution in [0.2, 0.25) is 0 Å². The highest BCUT2D eigenvalue weighted by Gasteiger charge is 2.41. The molecule has 0 heterocycles. The Bertz CT molecular complexity index is 834. The van der Waals surface area contributed by atoms with E-state index in [1.54, 1.807) is 27.9 Å². The van der Waals surface area contributed by atoms with E-state index >= 15 is 0 Å². The van der Waals surface area contributed by atoms with Crippen LogP contribution >= 0.6 is 0 Å². The molecule has 3 unspecified atom stereocenters. The lowest BCUT2D eigenvalue weighted by molar-refractivity contribution is 0.413. The first-order valence-electron chi connectivity index (χ1n) is 12.7. The van der Waals surface area contributed by atoms with Crippen molar-refractivity contribution in [2.45, 2.75) is 98.8 Å². The van der Waals surface area contributed by atoms with Gasteiger partial charge in [0.1, 0.15) is 0 Å². The predicted octanol–water partition coefficient (Wildman–Crippen LogP) is 8.57. The van der Waals surface area contributed by atoms with E-state index in [2.05, 4.69) is 64.7 Å². The second kappa shape index (κ2) is 8.94. The molecular weight excluding hydrogens is 360 g/mol. The maximum absolute atomic E-state index is 3.56. The molecule has 0 heteroatoms. The molecule has 0 aromatic rings. The van der Waals surface area contributed by atoms with Gasteiger partial charge in [0, 0.05) is 6.42 Å². The third-order valence-electron chi connectivity index (χ3n) is 8.20. The van der Waals surface area contributed by atoms with Gasteiger partial charge in [0.05, 0.1) is 5.41 Å². The summed E-state index contributed by atoms with van der Waals surface area (Å²) in [4.78, 5) is 0. The second-order valence-corrected chi connectivity index (χ2v) is 10.9. The first-order valence-corrected chi connectivity index (χ1v) is 12.7. The van der Waals surface area contributed by atoms with Crippen molar-refractivity contribution in [3.63, 3.8) is 0 Å². The number of hydrogen-bond donors (Lipinski definition) is 0. The molecule has 0 N–H and O–H groups in total. The third kappa shape index (κ3) is 5.04. The molecule has 0 radical (unpaired) electrons. The Kier molecular flexibility index (Phi) is 6.48. The van der Waals surface area contributed by atoms with Crippen LogP contribution in [0.3, 0.4) is 0 Å². The van der Waals surface area contributed by atoms with Gasteiger partial charge in [-0.2, -0.15) is 0 Å². The van der Waals surface area contributed by atoms with Crippen LogP contribution in [0.15, 0.2) is 46.1 Å². The zero-order valence-electron chi connectivity index (χ0n) is 20.1. The van der Waals surface area contributed by atoms with E-state index in [1.807, 2.05) is 0 Å². The SMILES string of the molecule is CCCC(CC1C=CC(C)C1)C1=CCCC(C)=C(C)C(CC2(CC3CC3)C#C2)=C1C. The van der Waals surface area contributed by atoms with E-state index in [4.69, 9.17) is 0 Å². The van der Waals surface area contributed by atoms with Gasteiger partial charge in [0.15, 0.2) is 0 Å². The molecule has 0 aromatic carbocycles. The number of rotatable bonds is 9. The van der Waals surface area contributed by atoms with Gasteiger partial charge in [-0.3, -0.25) is 0 Å². The zero-order chi connectivity index (χ0) is 21.3. The van der Waals surface area contributed by atoms with E-state index in [1.165, 1.54) is 57.8 Å². The minimum Gasteiger partial charge on any atom is -0.0854 e. The number of hydrogen-bond acceptors (Lipinski definition) is 0. The molecule has 3 atom stereocenters. The van der Waals surface area contributed by atoms with Crippen molar-refractivity contribution >= 4 is 0 Å². The summed E-state index contributed by atoms with van der Waals surface area (Å²) in [6.45, 7) is 11.9. The quantitative estimate of drug-likeness (QED) is 0.267.